The summed E-state index contributed by atoms with van der Waals surface area (Å²) in [5, 5.41) is 10.1. The Morgan fingerprint density at radius 3 is 2.83 bits per heavy atom. The Hall–Kier alpha value is -0.790. The van der Waals surface area contributed by atoms with Gasteiger partial charge in [-0.1, -0.05) is 17.7 Å². The molecule has 1 aliphatic heterocycles. The molecular formula is C17H25ClN2O3S. The van der Waals surface area contributed by atoms with Crippen LogP contribution in [0.1, 0.15) is 57.9 Å². The lowest BCUT2D eigenvalue weighted by molar-refractivity contribution is 0.194. The highest BCUT2D eigenvalue weighted by Crippen LogP contribution is 2.45. The van der Waals surface area contributed by atoms with Crippen LogP contribution in [0.4, 0.5) is 0 Å². The van der Waals surface area contributed by atoms with E-state index in [0.29, 0.717) is 24.5 Å². The van der Waals surface area contributed by atoms with Crippen LogP contribution in [0.15, 0.2) is 18.7 Å². The highest BCUT2D eigenvalue weighted by Gasteiger charge is 2.47. The van der Waals surface area contributed by atoms with Crippen LogP contribution in [0.3, 0.4) is 0 Å². The van der Waals surface area contributed by atoms with Crippen molar-refractivity contribution in [1.29, 1.82) is 0 Å². The first kappa shape index (κ1) is 19.5. The van der Waals surface area contributed by atoms with Crippen molar-refractivity contribution >= 4 is 23.0 Å². The molecule has 0 fully saturated rings. The van der Waals surface area contributed by atoms with Crippen LogP contribution in [-0.2, 0) is 16.9 Å². The first-order valence-electron chi connectivity index (χ1n) is 7.93. The predicted molar refractivity (Wildman–Crippen MR) is 97.5 cm³/mol. The summed E-state index contributed by atoms with van der Waals surface area (Å²) in [6.45, 7) is 11.5. The van der Waals surface area contributed by atoms with Crippen LogP contribution >= 0.6 is 11.6 Å². The summed E-state index contributed by atoms with van der Waals surface area (Å²) < 4.78 is 21.3. The zero-order valence-electron chi connectivity index (χ0n) is 14.6. The van der Waals surface area contributed by atoms with E-state index in [1.54, 1.807) is 13.0 Å². The lowest BCUT2D eigenvalue weighted by atomic mass is 9.88. The molecule has 0 aliphatic carbocycles. The molecule has 0 aromatic carbocycles. The molecule has 5 nitrogen and oxygen atoms in total. The van der Waals surface area contributed by atoms with Gasteiger partial charge in [-0.25, -0.2) is 4.98 Å². The molecule has 2 N–H and O–H groups in total. The molecule has 0 bridgehead atoms. The van der Waals surface area contributed by atoms with Gasteiger partial charge in [0, 0.05) is 16.9 Å². The van der Waals surface area contributed by atoms with Gasteiger partial charge < -0.3 is 14.4 Å². The first-order valence-corrected chi connectivity index (χ1v) is 9.46. The molecule has 3 atom stereocenters. The molecule has 134 valence electrons. The summed E-state index contributed by atoms with van der Waals surface area (Å²) in [6, 6.07) is 1.79. The number of pyridine rings is 1. The van der Waals surface area contributed by atoms with Crippen molar-refractivity contribution in [3.8, 4) is 5.75 Å². The number of aliphatic hydroxyl groups is 1. The average molecular weight is 373 g/mol. The first-order chi connectivity index (χ1) is 11.1. The zero-order valence-corrected chi connectivity index (χ0v) is 16.1. The van der Waals surface area contributed by atoms with Crippen molar-refractivity contribution in [2.24, 2.45) is 0 Å². The number of nitrogens with zero attached hydrogens (tertiary/aromatic N) is 1. The number of rotatable bonds is 6. The standard InChI is InChI=1S/C17H25ClN2O3S/c1-6-7-8-17(20-24(22)16(3,4)5)10-23-14-12(17)9-13(11(2)21)19-15(14)18/h6,9,11,20-21H,1,7-8,10H2,2-5H3. The molecule has 2 rings (SSSR count). The van der Waals surface area contributed by atoms with Crippen LogP contribution in [0.5, 0.6) is 5.75 Å². The Balaban J connectivity index is 2.50. The molecule has 0 saturated heterocycles. The quantitative estimate of drug-likeness (QED) is 0.454. The summed E-state index contributed by atoms with van der Waals surface area (Å²) in [6.07, 6.45) is 2.45. The molecular weight excluding hydrogens is 348 g/mol. The van der Waals surface area contributed by atoms with Crippen molar-refractivity contribution in [2.75, 3.05) is 6.61 Å². The van der Waals surface area contributed by atoms with Crippen molar-refractivity contribution in [3.63, 3.8) is 0 Å². The van der Waals surface area contributed by atoms with Gasteiger partial charge in [-0.3, -0.25) is 0 Å². The molecule has 7 heteroatoms. The van der Waals surface area contributed by atoms with Gasteiger partial charge >= 0.3 is 0 Å². The molecule has 1 aromatic rings. The third kappa shape index (κ3) is 3.89. The minimum atomic E-state index is -1.29. The second kappa shape index (κ2) is 7.22. The lowest BCUT2D eigenvalue weighted by Gasteiger charge is -2.34. The van der Waals surface area contributed by atoms with E-state index in [1.165, 1.54) is 0 Å². The van der Waals surface area contributed by atoms with Gasteiger partial charge in [-0.2, -0.15) is 0 Å². The molecule has 0 radical (unpaired) electrons. The number of aliphatic hydroxyl groups excluding tert-OH is 1. The number of hydrogen-bond acceptors (Lipinski definition) is 5. The highest BCUT2D eigenvalue weighted by molar-refractivity contribution is 7.90. The van der Waals surface area contributed by atoms with Gasteiger partial charge in [0.1, 0.15) is 16.9 Å². The second-order valence-electron chi connectivity index (χ2n) is 7.07. The maximum atomic E-state index is 12.7. The fraction of sp³-hybridized carbons (Fsp3) is 0.588. The van der Waals surface area contributed by atoms with Gasteiger partial charge in [-0.15, -0.1) is 11.3 Å². The number of allylic oxidation sites excluding steroid dienone is 1. The Morgan fingerprint density at radius 1 is 1.62 bits per heavy atom. The van der Waals surface area contributed by atoms with Crippen LogP contribution < -0.4 is 9.46 Å². The third-order valence-electron chi connectivity index (χ3n) is 3.98. The van der Waals surface area contributed by atoms with E-state index in [9.17, 15) is 9.66 Å². The number of ether oxygens (including phenoxy) is 1. The second-order valence-corrected chi connectivity index (χ2v) is 9.40. The molecule has 24 heavy (non-hydrogen) atoms. The van der Waals surface area contributed by atoms with Crippen molar-refractivity contribution in [3.05, 3.63) is 35.1 Å². The molecule has 0 saturated carbocycles. The van der Waals surface area contributed by atoms with E-state index >= 15 is 0 Å². The van der Waals surface area contributed by atoms with E-state index in [-0.39, 0.29) is 5.15 Å². The largest absolute Gasteiger partial charge is 0.598 e. The average Bonchev–Trinajstić information content (AvgIpc) is 2.84. The maximum Gasteiger partial charge on any atom is 0.171 e. The third-order valence-corrected chi connectivity index (χ3v) is 5.92. The zero-order chi connectivity index (χ0) is 18.1. The number of fused-ring (bicyclic) bond motifs is 1. The smallest absolute Gasteiger partial charge is 0.171 e. The molecule has 1 aliphatic rings. The van der Waals surface area contributed by atoms with Gasteiger partial charge in [0.15, 0.2) is 10.9 Å². The van der Waals surface area contributed by atoms with Crippen LogP contribution in [-0.4, -0.2) is 26.0 Å². The number of hydrogen-bond donors (Lipinski definition) is 2. The van der Waals surface area contributed by atoms with Gasteiger partial charge in [0.05, 0.1) is 11.8 Å². The fourth-order valence-corrected chi connectivity index (χ4v) is 3.71. The monoisotopic (exact) mass is 372 g/mol. The maximum absolute atomic E-state index is 12.7. The van der Waals surface area contributed by atoms with Crippen molar-refractivity contribution in [2.45, 2.75) is 56.9 Å². The Morgan fingerprint density at radius 2 is 2.29 bits per heavy atom. The Bertz CT molecular complexity index is 619. The van der Waals surface area contributed by atoms with E-state index in [4.69, 9.17) is 16.3 Å². The lowest BCUT2D eigenvalue weighted by Crippen LogP contribution is -2.52. The fourth-order valence-electron chi connectivity index (χ4n) is 2.52. The molecule has 0 amide bonds. The molecule has 2 heterocycles. The number of halogens is 1. The van der Waals surface area contributed by atoms with Crippen molar-refractivity contribution < 1.29 is 14.4 Å². The number of nitrogens with one attached hydrogen (secondary N) is 1. The normalized spacial score (nSPS) is 22.6. The topological polar surface area (TPSA) is 77.4 Å². The SMILES string of the molecule is C=CCCC1(N[S+]([O-])C(C)(C)C)COc2c1cc(C(C)O)nc2Cl. The summed E-state index contributed by atoms with van der Waals surface area (Å²) in [5.41, 5.74) is 0.603. The van der Waals surface area contributed by atoms with Crippen molar-refractivity contribution in [1.82, 2.24) is 9.71 Å². The van der Waals surface area contributed by atoms with Gasteiger partial charge in [-0.05, 0) is 46.6 Å². The van der Waals surface area contributed by atoms with Crippen LogP contribution in [0.25, 0.3) is 0 Å². The predicted octanol–water partition coefficient (Wildman–Crippen LogP) is 3.39. The summed E-state index contributed by atoms with van der Waals surface area (Å²) in [7, 11) is 0. The highest BCUT2D eigenvalue weighted by atomic mass is 35.5. The van der Waals surface area contributed by atoms with Gasteiger partial charge in [0.2, 0.25) is 0 Å². The van der Waals surface area contributed by atoms with E-state index in [1.807, 2.05) is 26.8 Å². The minimum absolute atomic E-state index is 0.215. The van der Waals surface area contributed by atoms with E-state index in [2.05, 4.69) is 16.3 Å². The van der Waals surface area contributed by atoms with Crippen LogP contribution in [0, 0.1) is 0 Å². The molecule has 0 spiro atoms. The molecule has 3 unspecified atom stereocenters. The summed E-state index contributed by atoms with van der Waals surface area (Å²) >= 11 is 4.94. The number of aromatic nitrogens is 1. The van der Waals surface area contributed by atoms with Gasteiger partial charge in [0.25, 0.3) is 0 Å². The molecule has 1 aromatic heterocycles. The van der Waals surface area contributed by atoms with Crippen LogP contribution in [0.2, 0.25) is 5.15 Å². The Kier molecular flexibility index (Phi) is 5.87. The van der Waals surface area contributed by atoms with E-state index in [0.717, 1.165) is 12.0 Å². The van der Waals surface area contributed by atoms with E-state index < -0.39 is 27.8 Å². The Labute approximate surface area is 151 Å². The summed E-state index contributed by atoms with van der Waals surface area (Å²) in [4.78, 5) is 4.18. The minimum Gasteiger partial charge on any atom is -0.598 e. The summed E-state index contributed by atoms with van der Waals surface area (Å²) in [5.74, 6) is 0.489.